The molecular weight excluding hydrogens is 337 g/mol. The molecule has 0 fully saturated rings. The van der Waals surface area contributed by atoms with E-state index in [1.165, 1.54) is 42.5 Å². The van der Waals surface area contributed by atoms with E-state index in [-0.39, 0.29) is 35.6 Å². The number of benzene rings is 2. The minimum atomic E-state index is -2.96. The van der Waals surface area contributed by atoms with Gasteiger partial charge in [0.2, 0.25) is 5.82 Å². The van der Waals surface area contributed by atoms with Crippen molar-refractivity contribution in [3.05, 3.63) is 48.3 Å². The number of hydrogen-bond acceptors (Lipinski definition) is 5. The normalized spacial score (nSPS) is 10.9. The Morgan fingerprint density at radius 1 is 1.04 bits per heavy atom. The lowest BCUT2D eigenvalue weighted by Crippen LogP contribution is -2.04. The van der Waals surface area contributed by atoms with E-state index in [9.17, 15) is 13.2 Å². The number of alkyl halides is 2. The minimum Gasteiger partial charge on any atom is -0.490 e. The summed E-state index contributed by atoms with van der Waals surface area (Å²) < 4.78 is 52.8. The Morgan fingerprint density at radius 2 is 1.76 bits per heavy atom. The smallest absolute Gasteiger partial charge is 0.387 e. The summed E-state index contributed by atoms with van der Waals surface area (Å²) in [4.78, 5) is 4.23. The van der Waals surface area contributed by atoms with E-state index in [4.69, 9.17) is 9.26 Å². The molecule has 0 radical (unpaired) electrons. The number of halogens is 3. The van der Waals surface area contributed by atoms with Crippen molar-refractivity contribution in [3.63, 3.8) is 0 Å². The molecule has 0 aliphatic heterocycles. The highest BCUT2D eigenvalue weighted by molar-refractivity contribution is 5.63. The third-order valence-corrected chi connectivity index (χ3v) is 3.24. The first kappa shape index (κ1) is 16.8. The average Bonchev–Trinajstić information content (AvgIpc) is 3.07. The van der Waals surface area contributed by atoms with Crippen molar-refractivity contribution in [2.75, 3.05) is 6.61 Å². The first-order valence-corrected chi connectivity index (χ1v) is 7.38. The third kappa shape index (κ3) is 3.90. The summed E-state index contributed by atoms with van der Waals surface area (Å²) in [5, 5.41) is 3.84. The summed E-state index contributed by atoms with van der Waals surface area (Å²) in [6, 6.07) is 9.94. The molecule has 0 bridgehead atoms. The van der Waals surface area contributed by atoms with Gasteiger partial charge in [-0.25, -0.2) is 4.39 Å². The molecule has 0 saturated heterocycles. The topological polar surface area (TPSA) is 57.4 Å². The Bertz CT molecular complexity index is 851. The molecule has 3 aromatic rings. The van der Waals surface area contributed by atoms with Crippen LogP contribution in [0.4, 0.5) is 13.2 Å². The molecule has 0 amide bonds. The van der Waals surface area contributed by atoms with E-state index >= 15 is 0 Å². The van der Waals surface area contributed by atoms with Crippen LogP contribution in [-0.2, 0) is 0 Å². The minimum absolute atomic E-state index is 0.0844. The first-order valence-electron chi connectivity index (χ1n) is 7.38. The molecule has 0 saturated carbocycles. The number of ether oxygens (including phenoxy) is 2. The van der Waals surface area contributed by atoms with Crippen LogP contribution in [-0.4, -0.2) is 23.4 Å². The van der Waals surface area contributed by atoms with Gasteiger partial charge in [-0.3, -0.25) is 0 Å². The van der Waals surface area contributed by atoms with Gasteiger partial charge in [0.1, 0.15) is 5.82 Å². The lowest BCUT2D eigenvalue weighted by Gasteiger charge is -2.11. The van der Waals surface area contributed by atoms with Crippen LogP contribution in [0.1, 0.15) is 6.92 Å². The van der Waals surface area contributed by atoms with Crippen LogP contribution in [0, 0.1) is 5.82 Å². The zero-order valence-corrected chi connectivity index (χ0v) is 13.1. The second-order valence-electron chi connectivity index (χ2n) is 4.90. The predicted octanol–water partition coefficient (Wildman–Crippen LogP) is 4.54. The van der Waals surface area contributed by atoms with E-state index in [1.54, 1.807) is 6.92 Å². The molecule has 2 aromatic carbocycles. The van der Waals surface area contributed by atoms with E-state index in [0.29, 0.717) is 11.1 Å². The molecule has 5 nitrogen and oxygen atoms in total. The monoisotopic (exact) mass is 350 g/mol. The summed E-state index contributed by atoms with van der Waals surface area (Å²) in [6.45, 7) is -0.968. The largest absolute Gasteiger partial charge is 0.490 e. The van der Waals surface area contributed by atoms with Crippen LogP contribution in [0.2, 0.25) is 0 Å². The zero-order chi connectivity index (χ0) is 17.8. The lowest BCUT2D eigenvalue weighted by atomic mass is 10.2. The van der Waals surface area contributed by atoms with E-state index in [0.717, 1.165) is 0 Å². The second kappa shape index (κ2) is 7.25. The van der Waals surface area contributed by atoms with Crippen LogP contribution in [0.25, 0.3) is 22.8 Å². The SMILES string of the molecule is CCOc1cc(-c2nc(-c3ccc(F)cc3)no2)ccc1OC(F)F. The Kier molecular flexibility index (Phi) is 4.87. The molecule has 0 N–H and O–H groups in total. The number of rotatable bonds is 6. The van der Waals surface area contributed by atoms with Gasteiger partial charge in [0.15, 0.2) is 11.5 Å². The van der Waals surface area contributed by atoms with Crippen molar-refractivity contribution in [1.82, 2.24) is 10.1 Å². The summed E-state index contributed by atoms with van der Waals surface area (Å²) in [7, 11) is 0. The highest BCUT2D eigenvalue weighted by atomic mass is 19.3. The predicted molar refractivity (Wildman–Crippen MR) is 82.9 cm³/mol. The van der Waals surface area contributed by atoms with Gasteiger partial charge < -0.3 is 14.0 Å². The Labute approximate surface area is 141 Å². The quantitative estimate of drug-likeness (QED) is 0.653. The number of aromatic nitrogens is 2. The third-order valence-electron chi connectivity index (χ3n) is 3.24. The molecule has 0 aliphatic rings. The fraction of sp³-hybridized carbons (Fsp3) is 0.176. The second-order valence-corrected chi connectivity index (χ2v) is 4.90. The lowest BCUT2D eigenvalue weighted by molar-refractivity contribution is -0.0514. The molecule has 8 heteroatoms. The summed E-state index contributed by atoms with van der Waals surface area (Å²) in [6.07, 6.45) is 0. The first-order chi connectivity index (χ1) is 12.1. The van der Waals surface area contributed by atoms with Gasteiger partial charge in [0, 0.05) is 11.1 Å². The van der Waals surface area contributed by atoms with Crippen LogP contribution >= 0.6 is 0 Å². The maximum absolute atomic E-state index is 13.0. The van der Waals surface area contributed by atoms with E-state index < -0.39 is 6.61 Å². The molecule has 3 rings (SSSR count). The average molecular weight is 350 g/mol. The van der Waals surface area contributed by atoms with Crippen molar-refractivity contribution < 1.29 is 27.2 Å². The van der Waals surface area contributed by atoms with Gasteiger partial charge >= 0.3 is 6.61 Å². The van der Waals surface area contributed by atoms with E-state index in [2.05, 4.69) is 14.9 Å². The molecule has 130 valence electrons. The van der Waals surface area contributed by atoms with Gasteiger partial charge in [-0.15, -0.1) is 0 Å². The summed E-state index contributed by atoms with van der Waals surface area (Å²) in [5.41, 5.74) is 1.06. The summed E-state index contributed by atoms with van der Waals surface area (Å²) >= 11 is 0. The molecule has 25 heavy (non-hydrogen) atoms. The van der Waals surface area contributed by atoms with Crippen molar-refractivity contribution in [3.8, 4) is 34.3 Å². The Morgan fingerprint density at radius 3 is 2.44 bits per heavy atom. The fourth-order valence-electron chi connectivity index (χ4n) is 2.16. The van der Waals surface area contributed by atoms with E-state index in [1.807, 2.05) is 0 Å². The molecule has 0 atom stereocenters. The van der Waals surface area contributed by atoms with Gasteiger partial charge in [-0.1, -0.05) is 5.16 Å². The van der Waals surface area contributed by atoms with Crippen molar-refractivity contribution in [1.29, 1.82) is 0 Å². The van der Waals surface area contributed by atoms with Gasteiger partial charge in [0.25, 0.3) is 5.89 Å². The van der Waals surface area contributed by atoms with Gasteiger partial charge in [0.05, 0.1) is 6.61 Å². The van der Waals surface area contributed by atoms with Crippen LogP contribution in [0.3, 0.4) is 0 Å². The van der Waals surface area contributed by atoms with Gasteiger partial charge in [-0.2, -0.15) is 13.8 Å². The highest BCUT2D eigenvalue weighted by Gasteiger charge is 2.16. The van der Waals surface area contributed by atoms with Crippen LogP contribution < -0.4 is 9.47 Å². The van der Waals surface area contributed by atoms with Crippen LogP contribution in [0.15, 0.2) is 47.0 Å². The zero-order valence-electron chi connectivity index (χ0n) is 13.1. The molecule has 0 spiro atoms. The van der Waals surface area contributed by atoms with Crippen molar-refractivity contribution >= 4 is 0 Å². The highest BCUT2D eigenvalue weighted by Crippen LogP contribution is 2.33. The number of nitrogens with zero attached hydrogens (tertiary/aromatic N) is 2. The number of hydrogen-bond donors (Lipinski definition) is 0. The Hall–Kier alpha value is -3.03. The maximum Gasteiger partial charge on any atom is 0.387 e. The summed E-state index contributed by atoms with van der Waals surface area (Å²) in [5.74, 6) is 0.133. The standard InChI is InChI=1S/C17H13F3N2O3/c1-2-23-14-9-11(5-8-13(14)24-17(19)20)16-21-15(22-25-16)10-3-6-12(18)7-4-10/h3-9,17H,2H2,1H3. The molecule has 0 aliphatic carbocycles. The van der Waals surface area contributed by atoms with Gasteiger partial charge in [-0.05, 0) is 49.4 Å². The fourth-order valence-corrected chi connectivity index (χ4v) is 2.16. The molecule has 1 heterocycles. The Balaban J connectivity index is 1.91. The maximum atomic E-state index is 13.0. The van der Waals surface area contributed by atoms with Crippen LogP contribution in [0.5, 0.6) is 11.5 Å². The molecule has 1 aromatic heterocycles. The molecular formula is C17H13F3N2O3. The van der Waals surface area contributed by atoms with Crippen molar-refractivity contribution in [2.24, 2.45) is 0 Å². The molecule has 0 unspecified atom stereocenters. The van der Waals surface area contributed by atoms with Crippen molar-refractivity contribution in [2.45, 2.75) is 13.5 Å².